The summed E-state index contributed by atoms with van der Waals surface area (Å²) in [5.41, 5.74) is 1.11. The van der Waals surface area contributed by atoms with Crippen LogP contribution in [0.2, 0.25) is 0 Å². The molecule has 0 saturated heterocycles. The second kappa shape index (κ2) is 4.19. The average molecular weight is 308 g/mol. The molecule has 1 spiro atoms. The van der Waals surface area contributed by atoms with Crippen molar-refractivity contribution >= 4 is 28.0 Å². The summed E-state index contributed by atoms with van der Waals surface area (Å²) in [6.07, 6.45) is 4.97. The van der Waals surface area contributed by atoms with Gasteiger partial charge in [-0.2, -0.15) is 0 Å². The average Bonchev–Trinajstić information content (AvgIpc) is 2.44. The Kier molecular flexibility index (Phi) is 2.77. The van der Waals surface area contributed by atoms with E-state index in [0.717, 1.165) is 35.2 Å². The van der Waals surface area contributed by atoms with E-state index in [4.69, 9.17) is 0 Å². The highest BCUT2D eigenvalue weighted by atomic mass is 79.9. The molecule has 1 aliphatic carbocycles. The molecular weight excluding hydrogens is 294 g/mol. The SMILES string of the molecule is O=C1c2ccccc2C2(CCCCC2)C(=O)N1Br. The van der Waals surface area contributed by atoms with Crippen molar-refractivity contribution in [2.24, 2.45) is 0 Å². The van der Waals surface area contributed by atoms with Gasteiger partial charge < -0.3 is 0 Å². The summed E-state index contributed by atoms with van der Waals surface area (Å²) in [5.74, 6) is -0.335. The molecule has 1 aliphatic heterocycles. The molecule has 4 heteroatoms. The minimum Gasteiger partial charge on any atom is -0.272 e. The van der Waals surface area contributed by atoms with Crippen molar-refractivity contribution < 1.29 is 9.59 Å². The maximum Gasteiger partial charge on any atom is 0.271 e. The van der Waals surface area contributed by atoms with Gasteiger partial charge in [0.05, 0.1) is 21.6 Å². The lowest BCUT2D eigenvalue weighted by molar-refractivity contribution is -0.132. The van der Waals surface area contributed by atoms with Crippen molar-refractivity contribution in [3.63, 3.8) is 0 Å². The molecule has 1 aromatic rings. The number of nitrogens with zero attached hydrogens (tertiary/aromatic N) is 1. The molecule has 1 aromatic carbocycles. The number of hydrogen-bond donors (Lipinski definition) is 0. The number of rotatable bonds is 0. The first-order valence-corrected chi connectivity index (χ1v) is 7.02. The molecule has 3 nitrogen and oxygen atoms in total. The second-order valence-corrected chi connectivity index (χ2v) is 5.79. The number of amides is 2. The Morgan fingerprint density at radius 3 is 2.44 bits per heavy atom. The van der Waals surface area contributed by atoms with Crippen LogP contribution in [0.15, 0.2) is 24.3 Å². The third kappa shape index (κ3) is 1.48. The van der Waals surface area contributed by atoms with Crippen LogP contribution in [-0.4, -0.2) is 15.7 Å². The van der Waals surface area contributed by atoms with Gasteiger partial charge in [0, 0.05) is 5.56 Å². The number of hydrogen-bond acceptors (Lipinski definition) is 2. The Hall–Kier alpha value is -1.16. The zero-order chi connectivity index (χ0) is 12.8. The van der Waals surface area contributed by atoms with Gasteiger partial charge in [-0.15, -0.1) is 0 Å². The molecule has 2 amide bonds. The third-order valence-electron chi connectivity index (χ3n) is 4.15. The van der Waals surface area contributed by atoms with E-state index in [-0.39, 0.29) is 11.8 Å². The Bertz CT molecular complexity index is 520. The standard InChI is InChI=1S/C14H14BrNO2/c15-16-12(17)10-6-2-3-7-11(10)14(13(16)18)8-4-1-5-9-14/h2-3,6-7H,1,4-5,8-9H2. The lowest BCUT2D eigenvalue weighted by atomic mass is 9.66. The summed E-state index contributed by atoms with van der Waals surface area (Å²) in [7, 11) is 0. The summed E-state index contributed by atoms with van der Waals surface area (Å²) >= 11 is 3.13. The van der Waals surface area contributed by atoms with Crippen LogP contribution in [0.3, 0.4) is 0 Å². The highest BCUT2D eigenvalue weighted by Crippen LogP contribution is 2.45. The first kappa shape index (κ1) is 11.9. The molecule has 0 unspecified atom stereocenters. The first-order chi connectivity index (χ1) is 8.67. The predicted molar refractivity (Wildman–Crippen MR) is 71.3 cm³/mol. The molecule has 3 rings (SSSR count). The fourth-order valence-electron chi connectivity index (χ4n) is 3.23. The maximum absolute atomic E-state index is 12.5. The Balaban J connectivity index is 2.21. The van der Waals surface area contributed by atoms with E-state index in [9.17, 15) is 9.59 Å². The fraction of sp³-hybridized carbons (Fsp3) is 0.429. The van der Waals surface area contributed by atoms with E-state index in [1.807, 2.05) is 24.3 Å². The minimum absolute atomic E-state index is 0.0918. The molecular formula is C14H14BrNO2. The van der Waals surface area contributed by atoms with Crippen molar-refractivity contribution in [3.8, 4) is 0 Å². The number of carbonyl (C=O) groups is 2. The van der Waals surface area contributed by atoms with E-state index in [2.05, 4.69) is 16.1 Å². The highest BCUT2D eigenvalue weighted by molar-refractivity contribution is 9.08. The first-order valence-electron chi connectivity index (χ1n) is 6.31. The lowest BCUT2D eigenvalue weighted by Crippen LogP contribution is -2.51. The maximum atomic E-state index is 12.5. The van der Waals surface area contributed by atoms with Gasteiger partial charge in [-0.3, -0.25) is 9.59 Å². The van der Waals surface area contributed by atoms with Gasteiger partial charge in [0.1, 0.15) is 0 Å². The number of halogens is 1. The monoisotopic (exact) mass is 307 g/mol. The Morgan fingerprint density at radius 2 is 1.72 bits per heavy atom. The molecule has 0 atom stereocenters. The van der Waals surface area contributed by atoms with E-state index >= 15 is 0 Å². The molecule has 94 valence electrons. The van der Waals surface area contributed by atoms with E-state index in [1.165, 1.54) is 6.42 Å². The van der Waals surface area contributed by atoms with Gasteiger partial charge in [-0.05, 0) is 24.5 Å². The van der Waals surface area contributed by atoms with Crippen molar-refractivity contribution in [1.29, 1.82) is 0 Å². The molecule has 2 aliphatic rings. The summed E-state index contributed by atoms with van der Waals surface area (Å²) in [5, 5.41) is 0. The zero-order valence-corrected chi connectivity index (χ0v) is 11.6. The van der Waals surface area contributed by atoms with Crippen molar-refractivity contribution in [2.75, 3.05) is 0 Å². The van der Waals surface area contributed by atoms with Crippen LogP contribution in [0.1, 0.15) is 48.0 Å². The van der Waals surface area contributed by atoms with Crippen molar-refractivity contribution in [1.82, 2.24) is 3.93 Å². The summed E-state index contributed by atoms with van der Waals surface area (Å²) in [6, 6.07) is 7.52. The fourth-order valence-corrected chi connectivity index (χ4v) is 3.76. The topological polar surface area (TPSA) is 37.4 Å². The molecule has 1 heterocycles. The van der Waals surface area contributed by atoms with Crippen LogP contribution < -0.4 is 0 Å². The molecule has 0 bridgehead atoms. The smallest absolute Gasteiger partial charge is 0.271 e. The van der Waals surface area contributed by atoms with Crippen molar-refractivity contribution in [3.05, 3.63) is 35.4 Å². The third-order valence-corrected chi connectivity index (χ3v) is 4.79. The van der Waals surface area contributed by atoms with Gasteiger partial charge in [-0.1, -0.05) is 37.5 Å². The van der Waals surface area contributed by atoms with Crippen LogP contribution in [0, 0.1) is 0 Å². The minimum atomic E-state index is -0.480. The molecule has 0 radical (unpaired) electrons. The summed E-state index contributed by atoms with van der Waals surface area (Å²) in [6.45, 7) is 0. The van der Waals surface area contributed by atoms with Crippen LogP contribution in [0.25, 0.3) is 0 Å². The largest absolute Gasteiger partial charge is 0.272 e. The normalized spacial score (nSPS) is 22.2. The zero-order valence-electron chi connectivity index (χ0n) is 9.99. The van der Waals surface area contributed by atoms with Gasteiger partial charge >= 0.3 is 0 Å². The molecule has 18 heavy (non-hydrogen) atoms. The number of imide groups is 1. The predicted octanol–water partition coefficient (Wildman–Crippen LogP) is 3.18. The van der Waals surface area contributed by atoms with E-state index < -0.39 is 5.41 Å². The van der Waals surface area contributed by atoms with E-state index in [0.29, 0.717) is 5.56 Å². The van der Waals surface area contributed by atoms with Crippen LogP contribution in [0.4, 0.5) is 0 Å². The molecule has 1 fully saturated rings. The number of fused-ring (bicyclic) bond motifs is 2. The Morgan fingerprint density at radius 1 is 1.06 bits per heavy atom. The number of carbonyl (C=O) groups excluding carboxylic acids is 2. The van der Waals surface area contributed by atoms with Crippen LogP contribution >= 0.6 is 16.1 Å². The van der Waals surface area contributed by atoms with Crippen LogP contribution in [0.5, 0.6) is 0 Å². The second-order valence-electron chi connectivity index (χ2n) is 5.08. The van der Waals surface area contributed by atoms with Crippen LogP contribution in [-0.2, 0) is 10.2 Å². The van der Waals surface area contributed by atoms with Gasteiger partial charge in [0.15, 0.2) is 0 Å². The molecule has 0 N–H and O–H groups in total. The van der Waals surface area contributed by atoms with Crippen molar-refractivity contribution in [2.45, 2.75) is 37.5 Å². The quantitative estimate of drug-likeness (QED) is 0.545. The number of benzene rings is 1. The van der Waals surface area contributed by atoms with Gasteiger partial charge in [0.25, 0.3) is 5.91 Å². The Labute approximate surface area is 114 Å². The highest BCUT2D eigenvalue weighted by Gasteiger charge is 2.50. The van der Waals surface area contributed by atoms with E-state index in [1.54, 1.807) is 0 Å². The van der Waals surface area contributed by atoms with Gasteiger partial charge in [0.2, 0.25) is 5.91 Å². The molecule has 1 saturated carbocycles. The lowest BCUT2D eigenvalue weighted by Gasteiger charge is -2.42. The molecule has 0 aromatic heterocycles. The van der Waals surface area contributed by atoms with Gasteiger partial charge in [-0.25, -0.2) is 3.93 Å². The summed E-state index contributed by atoms with van der Waals surface area (Å²) < 4.78 is 1.13. The summed E-state index contributed by atoms with van der Waals surface area (Å²) in [4.78, 5) is 24.6.